The number of nitrogens with zero attached hydrogens (tertiary/aromatic N) is 6. The Morgan fingerprint density at radius 1 is 1.00 bits per heavy atom. The lowest BCUT2D eigenvalue weighted by atomic mass is 9.93. The fourth-order valence-electron chi connectivity index (χ4n) is 4.36. The maximum atomic E-state index is 14.7. The molecule has 0 saturated heterocycles. The third-order valence-corrected chi connectivity index (χ3v) is 6.40. The molecule has 0 radical (unpaired) electrons. The van der Waals surface area contributed by atoms with Gasteiger partial charge in [-0.1, -0.05) is 38.7 Å². The second kappa shape index (κ2) is 12.6. The van der Waals surface area contributed by atoms with Gasteiger partial charge in [-0.25, -0.2) is 32.5 Å². The average molecular weight is 540 g/mol. The number of carbonyl (C=O) groups is 1. The standard InChI is InChI=1S/C27H31F2N7O3/c1-2-3-4-5-6-7-25(37)33-21-9-11-22(12-10-21)35-19-32-36(26(35)38)16-27(39,15-34-18-30-17-31-34)23-13-8-20(28)14-24(23)29/h8-14,17-19,39H,2-7,15-16H2,1H3,(H,33,37). The Hall–Kier alpha value is -4.19. The Morgan fingerprint density at radius 2 is 1.77 bits per heavy atom. The van der Waals surface area contributed by atoms with Crippen molar-refractivity contribution in [1.29, 1.82) is 0 Å². The minimum atomic E-state index is -2.00. The van der Waals surface area contributed by atoms with Gasteiger partial charge in [0.25, 0.3) is 0 Å². The number of hydrogen-bond acceptors (Lipinski definition) is 6. The van der Waals surface area contributed by atoms with Crippen molar-refractivity contribution in [3.05, 3.63) is 89.1 Å². The number of halogens is 2. The fraction of sp³-hybridized carbons (Fsp3) is 0.370. The molecular formula is C27H31F2N7O3. The predicted molar refractivity (Wildman–Crippen MR) is 140 cm³/mol. The molecule has 2 aromatic carbocycles. The van der Waals surface area contributed by atoms with Crippen LogP contribution in [0.2, 0.25) is 0 Å². The van der Waals surface area contributed by atoms with Crippen molar-refractivity contribution < 1.29 is 18.7 Å². The highest BCUT2D eigenvalue weighted by Crippen LogP contribution is 2.28. The fourth-order valence-corrected chi connectivity index (χ4v) is 4.36. The summed E-state index contributed by atoms with van der Waals surface area (Å²) in [5.41, 5.74) is -1.72. The number of anilines is 1. The minimum Gasteiger partial charge on any atom is -0.381 e. The maximum Gasteiger partial charge on any atom is 0.350 e. The summed E-state index contributed by atoms with van der Waals surface area (Å²) < 4.78 is 31.8. The van der Waals surface area contributed by atoms with Gasteiger partial charge in [-0.05, 0) is 36.8 Å². The number of aliphatic hydroxyl groups is 1. The molecule has 10 nitrogen and oxygen atoms in total. The van der Waals surface area contributed by atoms with Gasteiger partial charge < -0.3 is 10.4 Å². The molecule has 1 atom stereocenters. The lowest BCUT2D eigenvalue weighted by Gasteiger charge is -2.28. The van der Waals surface area contributed by atoms with Gasteiger partial charge in [-0.15, -0.1) is 0 Å². The molecule has 2 aromatic heterocycles. The molecule has 2 N–H and O–H groups in total. The van der Waals surface area contributed by atoms with Crippen molar-refractivity contribution in [1.82, 2.24) is 29.1 Å². The second-order valence-electron chi connectivity index (χ2n) is 9.45. The minimum absolute atomic E-state index is 0.0658. The summed E-state index contributed by atoms with van der Waals surface area (Å²) in [7, 11) is 0. The Labute approximate surface area is 223 Å². The van der Waals surface area contributed by atoms with Gasteiger partial charge in [0.1, 0.15) is 36.2 Å². The van der Waals surface area contributed by atoms with Gasteiger partial charge in [0.15, 0.2) is 0 Å². The third kappa shape index (κ3) is 7.02. The quantitative estimate of drug-likeness (QED) is 0.250. The molecule has 2 heterocycles. The topological polar surface area (TPSA) is 120 Å². The van der Waals surface area contributed by atoms with E-state index >= 15 is 0 Å². The Balaban J connectivity index is 1.49. The van der Waals surface area contributed by atoms with Crippen molar-refractivity contribution in [3.63, 3.8) is 0 Å². The van der Waals surface area contributed by atoms with Crippen LogP contribution in [-0.2, 0) is 23.5 Å². The number of unbranched alkanes of at least 4 members (excludes halogenated alkanes) is 4. The largest absolute Gasteiger partial charge is 0.381 e. The summed E-state index contributed by atoms with van der Waals surface area (Å²) in [4.78, 5) is 29.2. The first-order valence-corrected chi connectivity index (χ1v) is 12.8. The van der Waals surface area contributed by atoms with E-state index in [0.717, 1.165) is 42.5 Å². The number of rotatable bonds is 13. The zero-order chi connectivity index (χ0) is 27.8. The van der Waals surface area contributed by atoms with E-state index in [-0.39, 0.29) is 18.0 Å². The maximum absolute atomic E-state index is 14.7. The Bertz CT molecular complexity index is 1430. The molecule has 0 fully saturated rings. The molecule has 0 aliphatic rings. The highest BCUT2D eigenvalue weighted by molar-refractivity contribution is 5.90. The third-order valence-electron chi connectivity index (χ3n) is 6.40. The summed E-state index contributed by atoms with van der Waals surface area (Å²) in [5, 5.41) is 22.4. The smallest absolute Gasteiger partial charge is 0.350 e. The summed E-state index contributed by atoms with van der Waals surface area (Å²) in [6.07, 6.45) is 9.62. The van der Waals surface area contributed by atoms with Crippen LogP contribution in [0.25, 0.3) is 5.69 Å². The first-order valence-electron chi connectivity index (χ1n) is 12.8. The number of benzene rings is 2. The number of aromatic nitrogens is 6. The van der Waals surface area contributed by atoms with Crippen molar-refractivity contribution in [3.8, 4) is 5.69 Å². The molecule has 0 bridgehead atoms. The number of nitrogens with one attached hydrogen (secondary N) is 1. The van der Waals surface area contributed by atoms with Gasteiger partial charge in [0.2, 0.25) is 5.91 Å². The normalized spacial score (nSPS) is 12.8. The molecule has 0 saturated carbocycles. The predicted octanol–water partition coefficient (Wildman–Crippen LogP) is 3.79. The zero-order valence-corrected chi connectivity index (χ0v) is 21.6. The monoisotopic (exact) mass is 539 g/mol. The van der Waals surface area contributed by atoms with Crippen LogP contribution in [0.15, 0.2) is 66.2 Å². The highest BCUT2D eigenvalue weighted by atomic mass is 19.1. The molecule has 0 aliphatic heterocycles. The zero-order valence-electron chi connectivity index (χ0n) is 21.6. The second-order valence-corrected chi connectivity index (χ2v) is 9.45. The van der Waals surface area contributed by atoms with Crippen molar-refractivity contribution in [2.24, 2.45) is 0 Å². The lowest BCUT2D eigenvalue weighted by Crippen LogP contribution is -2.41. The van der Waals surface area contributed by atoms with Crippen molar-refractivity contribution >= 4 is 11.6 Å². The summed E-state index contributed by atoms with van der Waals surface area (Å²) in [5.74, 6) is -1.83. The molecule has 4 aromatic rings. The number of amides is 1. The lowest BCUT2D eigenvalue weighted by molar-refractivity contribution is -0.116. The van der Waals surface area contributed by atoms with E-state index in [2.05, 4.69) is 27.4 Å². The van der Waals surface area contributed by atoms with Crippen LogP contribution in [0.3, 0.4) is 0 Å². The molecule has 206 valence electrons. The van der Waals surface area contributed by atoms with Crippen LogP contribution in [0.5, 0.6) is 0 Å². The van der Waals surface area contributed by atoms with Gasteiger partial charge >= 0.3 is 5.69 Å². The Morgan fingerprint density at radius 3 is 2.46 bits per heavy atom. The van der Waals surface area contributed by atoms with Gasteiger partial charge in [-0.3, -0.25) is 4.79 Å². The summed E-state index contributed by atoms with van der Waals surface area (Å²) in [6.45, 7) is 1.45. The first-order chi connectivity index (χ1) is 18.8. The van der Waals surface area contributed by atoms with E-state index in [1.54, 1.807) is 24.3 Å². The van der Waals surface area contributed by atoms with Crippen LogP contribution in [-0.4, -0.2) is 40.1 Å². The molecule has 0 aliphatic carbocycles. The van der Waals surface area contributed by atoms with E-state index < -0.39 is 29.5 Å². The molecule has 1 amide bonds. The van der Waals surface area contributed by atoms with Crippen molar-refractivity contribution in [2.45, 2.75) is 64.1 Å². The van der Waals surface area contributed by atoms with E-state index in [9.17, 15) is 23.5 Å². The van der Waals surface area contributed by atoms with E-state index in [1.165, 1.54) is 34.7 Å². The molecule has 39 heavy (non-hydrogen) atoms. The van der Waals surface area contributed by atoms with Gasteiger partial charge in [0, 0.05) is 23.7 Å². The van der Waals surface area contributed by atoms with Gasteiger partial charge in [0.05, 0.1) is 18.8 Å². The molecule has 1 unspecified atom stereocenters. The van der Waals surface area contributed by atoms with E-state index in [0.29, 0.717) is 23.9 Å². The molecule has 0 spiro atoms. The van der Waals surface area contributed by atoms with Crippen LogP contribution >= 0.6 is 0 Å². The van der Waals surface area contributed by atoms with E-state index in [1.807, 2.05) is 0 Å². The molecule has 12 heteroatoms. The summed E-state index contributed by atoms with van der Waals surface area (Å²) >= 11 is 0. The van der Waals surface area contributed by atoms with Crippen LogP contribution in [0.1, 0.15) is 51.0 Å². The van der Waals surface area contributed by atoms with Crippen LogP contribution in [0.4, 0.5) is 14.5 Å². The summed E-state index contributed by atoms with van der Waals surface area (Å²) in [6, 6.07) is 9.50. The number of carbonyl (C=O) groups excluding carboxylic acids is 1. The van der Waals surface area contributed by atoms with Crippen molar-refractivity contribution in [2.75, 3.05) is 5.32 Å². The average Bonchev–Trinajstić information content (AvgIpc) is 3.54. The Kier molecular flexibility index (Phi) is 8.97. The highest BCUT2D eigenvalue weighted by Gasteiger charge is 2.35. The SMILES string of the molecule is CCCCCCCC(=O)Nc1ccc(-n2cnn(CC(O)(Cn3cncn3)c3ccc(F)cc3F)c2=O)cc1. The van der Waals surface area contributed by atoms with Gasteiger partial charge in [-0.2, -0.15) is 10.2 Å². The van der Waals surface area contributed by atoms with E-state index in [4.69, 9.17) is 0 Å². The van der Waals surface area contributed by atoms with Crippen LogP contribution < -0.4 is 11.0 Å². The van der Waals surface area contributed by atoms with Crippen LogP contribution in [0, 0.1) is 11.6 Å². The molecular weight excluding hydrogens is 508 g/mol. The number of hydrogen-bond donors (Lipinski definition) is 2. The first kappa shape index (κ1) is 27.8. The molecule has 4 rings (SSSR count).